The lowest BCUT2D eigenvalue weighted by atomic mass is 10.0. The van der Waals surface area contributed by atoms with Crippen molar-refractivity contribution in [3.05, 3.63) is 36.4 Å². The zero-order valence-electron chi connectivity index (χ0n) is 21.4. The van der Waals surface area contributed by atoms with Crippen LogP contribution in [-0.4, -0.2) is 37.6 Å². The molecule has 1 N–H and O–H groups in total. The first-order valence-corrected chi connectivity index (χ1v) is 13.2. The topological polar surface area (TPSA) is 47.9 Å². The highest BCUT2D eigenvalue weighted by Crippen LogP contribution is 2.33. The van der Waals surface area contributed by atoms with Gasteiger partial charge in [-0.3, -0.25) is 0 Å². The molecule has 0 spiro atoms. The second-order valence-electron chi connectivity index (χ2n) is 9.25. The van der Waals surface area contributed by atoms with Crippen LogP contribution < -0.4 is 9.47 Å². The predicted octanol–water partition coefficient (Wildman–Crippen LogP) is 7.41. The average Bonchev–Trinajstić information content (AvgIpc) is 2.85. The van der Waals surface area contributed by atoms with Crippen LogP contribution in [0.3, 0.4) is 0 Å². The first-order valence-electron chi connectivity index (χ1n) is 13.2. The van der Waals surface area contributed by atoms with Crippen molar-refractivity contribution in [2.75, 3.05) is 26.4 Å². The highest BCUT2D eigenvalue weighted by molar-refractivity contribution is 5.93. The van der Waals surface area contributed by atoms with Crippen molar-refractivity contribution < 1.29 is 19.3 Å². The van der Waals surface area contributed by atoms with E-state index in [1.807, 2.05) is 30.3 Å². The molecule has 2 aromatic carbocycles. The van der Waals surface area contributed by atoms with Gasteiger partial charge in [0.1, 0.15) is 24.2 Å². The van der Waals surface area contributed by atoms with Crippen LogP contribution in [0.4, 0.5) is 0 Å². The summed E-state index contributed by atoms with van der Waals surface area (Å²) in [6, 6.07) is 12.1. The van der Waals surface area contributed by atoms with Crippen molar-refractivity contribution in [2.45, 2.75) is 85.2 Å². The van der Waals surface area contributed by atoms with Crippen molar-refractivity contribution in [3.8, 4) is 11.5 Å². The number of hydrogen-bond acceptors (Lipinski definition) is 4. The Morgan fingerprint density at radius 3 is 1.70 bits per heavy atom. The standard InChI is InChI=1S/C29H46O4/c1-5-9-13-23(7-3)19-31-21-25(30)22-33-29-18-17-28(26-15-11-12-16-27(26)29)32-20-24(8-4)14-10-6-2/h11-12,15-18,23-25,30H,5-10,13-14,19-22H2,1-4H3. The molecule has 0 saturated carbocycles. The molecule has 0 amide bonds. The molecule has 2 aromatic rings. The van der Waals surface area contributed by atoms with E-state index >= 15 is 0 Å². The van der Waals surface area contributed by atoms with Gasteiger partial charge in [0.05, 0.1) is 13.2 Å². The van der Waals surface area contributed by atoms with Crippen molar-refractivity contribution in [3.63, 3.8) is 0 Å². The summed E-state index contributed by atoms with van der Waals surface area (Å²) in [5, 5.41) is 12.4. The van der Waals surface area contributed by atoms with E-state index in [1.54, 1.807) is 0 Å². The molecule has 0 bridgehead atoms. The van der Waals surface area contributed by atoms with Gasteiger partial charge in [0.25, 0.3) is 0 Å². The fraction of sp³-hybridized carbons (Fsp3) is 0.655. The highest BCUT2D eigenvalue weighted by Gasteiger charge is 2.13. The van der Waals surface area contributed by atoms with Crippen LogP contribution in [0.25, 0.3) is 10.8 Å². The maximum Gasteiger partial charge on any atom is 0.127 e. The molecule has 0 saturated heterocycles. The number of aliphatic hydroxyl groups is 1. The molecular formula is C29H46O4. The average molecular weight is 459 g/mol. The molecule has 186 valence electrons. The lowest BCUT2D eigenvalue weighted by Gasteiger charge is -2.19. The van der Waals surface area contributed by atoms with Crippen LogP contribution in [0.15, 0.2) is 36.4 Å². The Balaban J connectivity index is 1.91. The third-order valence-corrected chi connectivity index (χ3v) is 6.50. The molecule has 0 radical (unpaired) electrons. The Kier molecular flexibility index (Phi) is 13.3. The molecule has 3 atom stereocenters. The zero-order valence-corrected chi connectivity index (χ0v) is 21.4. The third kappa shape index (κ3) is 9.54. The summed E-state index contributed by atoms with van der Waals surface area (Å²) in [5.74, 6) is 2.83. The van der Waals surface area contributed by atoms with Crippen LogP contribution in [0.5, 0.6) is 11.5 Å². The summed E-state index contributed by atoms with van der Waals surface area (Å²) in [6.07, 6.45) is 8.93. The maximum atomic E-state index is 10.4. The molecule has 3 unspecified atom stereocenters. The van der Waals surface area contributed by atoms with E-state index in [9.17, 15) is 5.11 Å². The van der Waals surface area contributed by atoms with E-state index in [1.165, 1.54) is 38.5 Å². The number of benzene rings is 2. The van der Waals surface area contributed by atoms with Crippen LogP contribution in [-0.2, 0) is 4.74 Å². The minimum absolute atomic E-state index is 0.213. The first-order chi connectivity index (χ1) is 16.1. The molecule has 0 aliphatic heterocycles. The lowest BCUT2D eigenvalue weighted by Crippen LogP contribution is -2.25. The summed E-state index contributed by atoms with van der Waals surface area (Å²) in [7, 11) is 0. The molecule has 0 heterocycles. The zero-order chi connectivity index (χ0) is 23.9. The molecule has 4 heteroatoms. The summed E-state index contributed by atoms with van der Waals surface area (Å²) < 4.78 is 18.0. The van der Waals surface area contributed by atoms with Crippen molar-refractivity contribution in [2.24, 2.45) is 11.8 Å². The second-order valence-corrected chi connectivity index (χ2v) is 9.25. The molecule has 2 rings (SSSR count). The monoisotopic (exact) mass is 458 g/mol. The first kappa shape index (κ1) is 27.5. The Labute approximate surface area is 201 Å². The van der Waals surface area contributed by atoms with Crippen molar-refractivity contribution in [1.29, 1.82) is 0 Å². The van der Waals surface area contributed by atoms with E-state index < -0.39 is 6.10 Å². The molecule has 33 heavy (non-hydrogen) atoms. The van der Waals surface area contributed by atoms with Crippen molar-refractivity contribution in [1.82, 2.24) is 0 Å². The minimum Gasteiger partial charge on any atom is -0.493 e. The van der Waals surface area contributed by atoms with Gasteiger partial charge in [-0.2, -0.15) is 0 Å². The van der Waals surface area contributed by atoms with Gasteiger partial charge in [0, 0.05) is 17.4 Å². The van der Waals surface area contributed by atoms with Gasteiger partial charge >= 0.3 is 0 Å². The quantitative estimate of drug-likeness (QED) is 0.253. The number of unbranched alkanes of at least 4 members (excludes halogenated alkanes) is 2. The number of aliphatic hydroxyl groups excluding tert-OH is 1. The van der Waals surface area contributed by atoms with Crippen LogP contribution in [0.2, 0.25) is 0 Å². The fourth-order valence-corrected chi connectivity index (χ4v) is 4.10. The molecule has 4 nitrogen and oxygen atoms in total. The van der Waals surface area contributed by atoms with E-state index in [0.29, 0.717) is 25.0 Å². The van der Waals surface area contributed by atoms with E-state index in [0.717, 1.165) is 41.7 Å². The molecule has 0 aliphatic rings. The Hall–Kier alpha value is -1.78. The summed E-state index contributed by atoms with van der Waals surface area (Å²) in [5.41, 5.74) is 0. The maximum absolute atomic E-state index is 10.4. The van der Waals surface area contributed by atoms with E-state index in [4.69, 9.17) is 14.2 Å². The number of rotatable bonds is 18. The lowest BCUT2D eigenvalue weighted by molar-refractivity contribution is -0.000853. The molecule has 0 aromatic heterocycles. The Morgan fingerprint density at radius 1 is 0.667 bits per heavy atom. The third-order valence-electron chi connectivity index (χ3n) is 6.50. The number of fused-ring (bicyclic) bond motifs is 1. The summed E-state index contributed by atoms with van der Waals surface area (Å²) in [6.45, 7) is 10.9. The number of hydrogen-bond donors (Lipinski definition) is 1. The Morgan fingerprint density at radius 2 is 1.18 bits per heavy atom. The largest absolute Gasteiger partial charge is 0.493 e. The molecular weight excluding hydrogens is 412 g/mol. The molecule has 0 aliphatic carbocycles. The van der Waals surface area contributed by atoms with Crippen LogP contribution >= 0.6 is 0 Å². The van der Waals surface area contributed by atoms with Gasteiger partial charge in [-0.05, 0) is 36.8 Å². The van der Waals surface area contributed by atoms with Gasteiger partial charge < -0.3 is 19.3 Å². The summed E-state index contributed by atoms with van der Waals surface area (Å²) >= 11 is 0. The second kappa shape index (κ2) is 16.0. The summed E-state index contributed by atoms with van der Waals surface area (Å²) in [4.78, 5) is 0. The van der Waals surface area contributed by atoms with Gasteiger partial charge in [-0.15, -0.1) is 0 Å². The van der Waals surface area contributed by atoms with Crippen LogP contribution in [0.1, 0.15) is 79.1 Å². The number of ether oxygens (including phenoxy) is 3. The van der Waals surface area contributed by atoms with Gasteiger partial charge in [-0.1, -0.05) is 90.5 Å². The van der Waals surface area contributed by atoms with Crippen LogP contribution in [0, 0.1) is 11.8 Å². The molecule has 0 fully saturated rings. The Bertz CT molecular complexity index is 775. The van der Waals surface area contributed by atoms with E-state index in [-0.39, 0.29) is 6.61 Å². The smallest absolute Gasteiger partial charge is 0.127 e. The SMILES string of the molecule is CCCCC(CC)COCC(O)COc1ccc(OCC(CC)CCCC)c2ccccc12. The predicted molar refractivity (Wildman–Crippen MR) is 138 cm³/mol. The highest BCUT2D eigenvalue weighted by atomic mass is 16.5. The van der Waals surface area contributed by atoms with Gasteiger partial charge in [0.15, 0.2) is 0 Å². The fourth-order valence-electron chi connectivity index (χ4n) is 4.10. The van der Waals surface area contributed by atoms with Crippen molar-refractivity contribution >= 4 is 10.8 Å². The normalized spacial score (nSPS) is 14.2. The van der Waals surface area contributed by atoms with Gasteiger partial charge in [0.2, 0.25) is 0 Å². The minimum atomic E-state index is -0.646. The van der Waals surface area contributed by atoms with E-state index in [2.05, 4.69) is 33.8 Å². The van der Waals surface area contributed by atoms with Gasteiger partial charge in [-0.25, -0.2) is 0 Å².